The van der Waals surface area contributed by atoms with E-state index in [1.807, 2.05) is 33.8 Å². The summed E-state index contributed by atoms with van der Waals surface area (Å²) in [4.78, 5) is 28.0. The molecule has 3 aromatic carbocycles. The third-order valence-corrected chi connectivity index (χ3v) is 8.98. The molecule has 1 aliphatic heterocycles. The van der Waals surface area contributed by atoms with Crippen molar-refractivity contribution in [2.75, 3.05) is 4.90 Å². The van der Waals surface area contributed by atoms with Crippen molar-refractivity contribution in [1.82, 2.24) is 0 Å². The number of para-hydroxylation sites is 2. The lowest BCUT2D eigenvalue weighted by Gasteiger charge is -2.43. The number of nitrogens with zero attached hydrogens (tertiary/aromatic N) is 3. The normalized spacial score (nSPS) is 18.1. The Bertz CT molecular complexity index is 1720. The largest absolute Gasteiger partial charge is 0.384 e. The summed E-state index contributed by atoms with van der Waals surface area (Å²) in [6.07, 6.45) is 0.734. The lowest BCUT2D eigenvalue weighted by Crippen LogP contribution is -2.42. The minimum Gasteiger partial charge on any atom is -0.384 e. The standard InChI is InChI=1S/C33H31FN4O3S/c1-19-13-21(18-42-23-11-9-22(34)10-12-23)20(2)24(14-19)30-25(17-35)32(36)37(26-7-5-6-8-27(26)38(40)41)28-15-33(3,4)16-29(39)31(28)30/h5-14,30H,15-16,18,36H2,1-4H3. The number of allylic oxidation sites excluding steroid dienone is 3. The molecule has 2 aliphatic rings. The number of thioether (sulfide) groups is 1. The van der Waals surface area contributed by atoms with Crippen LogP contribution in [-0.4, -0.2) is 10.7 Å². The fraction of sp³-hybridized carbons (Fsp3) is 0.273. The molecule has 0 aromatic heterocycles. The molecule has 1 atom stereocenters. The Kier molecular flexibility index (Phi) is 7.69. The summed E-state index contributed by atoms with van der Waals surface area (Å²) in [6, 6.07) is 18.9. The topological polar surface area (TPSA) is 113 Å². The number of anilines is 1. The van der Waals surface area contributed by atoms with Crippen LogP contribution in [-0.2, 0) is 10.5 Å². The van der Waals surface area contributed by atoms with E-state index in [-0.39, 0.29) is 40.8 Å². The summed E-state index contributed by atoms with van der Waals surface area (Å²) in [5.74, 6) is -0.405. The van der Waals surface area contributed by atoms with Crippen LogP contribution in [0.5, 0.6) is 0 Å². The van der Waals surface area contributed by atoms with Gasteiger partial charge in [0.05, 0.1) is 22.5 Å². The maximum Gasteiger partial charge on any atom is 0.293 e. The number of hydrogen-bond acceptors (Lipinski definition) is 7. The van der Waals surface area contributed by atoms with Crippen LogP contribution >= 0.6 is 11.8 Å². The highest BCUT2D eigenvalue weighted by Gasteiger charge is 2.46. The van der Waals surface area contributed by atoms with Gasteiger partial charge in [-0.1, -0.05) is 43.7 Å². The van der Waals surface area contributed by atoms with Crippen molar-refractivity contribution in [2.24, 2.45) is 11.1 Å². The molecule has 0 saturated heterocycles. The Morgan fingerprint density at radius 3 is 2.50 bits per heavy atom. The van der Waals surface area contributed by atoms with E-state index in [4.69, 9.17) is 5.73 Å². The second kappa shape index (κ2) is 11.1. The highest BCUT2D eigenvalue weighted by Crippen LogP contribution is 2.52. The number of Topliss-reactive ketones (excluding diaryl/α,β-unsaturated/α-hetero) is 1. The third-order valence-electron chi connectivity index (χ3n) is 7.92. The summed E-state index contributed by atoms with van der Waals surface area (Å²) >= 11 is 1.57. The van der Waals surface area contributed by atoms with E-state index in [9.17, 15) is 24.6 Å². The predicted molar refractivity (Wildman–Crippen MR) is 162 cm³/mol. The summed E-state index contributed by atoms with van der Waals surface area (Å²) < 4.78 is 13.4. The number of nitro groups is 1. The molecule has 0 amide bonds. The summed E-state index contributed by atoms with van der Waals surface area (Å²) in [7, 11) is 0. The van der Waals surface area contributed by atoms with Crippen LogP contribution in [0.15, 0.2) is 88.2 Å². The Labute approximate surface area is 248 Å². The summed E-state index contributed by atoms with van der Waals surface area (Å²) in [6.45, 7) is 7.93. The zero-order valence-electron chi connectivity index (χ0n) is 23.9. The monoisotopic (exact) mass is 582 g/mol. The number of aryl methyl sites for hydroxylation is 1. The van der Waals surface area contributed by atoms with Gasteiger partial charge in [-0.2, -0.15) is 5.26 Å². The van der Waals surface area contributed by atoms with Gasteiger partial charge in [-0.15, -0.1) is 11.8 Å². The van der Waals surface area contributed by atoms with Gasteiger partial charge in [0, 0.05) is 34.4 Å². The van der Waals surface area contributed by atoms with Crippen molar-refractivity contribution in [1.29, 1.82) is 5.26 Å². The first-order chi connectivity index (χ1) is 19.9. The summed E-state index contributed by atoms with van der Waals surface area (Å²) in [5, 5.41) is 22.5. The number of rotatable bonds is 6. The maximum atomic E-state index is 14.0. The van der Waals surface area contributed by atoms with Crippen LogP contribution in [0.2, 0.25) is 0 Å². The first-order valence-electron chi connectivity index (χ1n) is 13.6. The van der Waals surface area contributed by atoms with E-state index in [1.165, 1.54) is 18.2 Å². The minimum absolute atomic E-state index is 0.0872. The highest BCUT2D eigenvalue weighted by atomic mass is 32.2. The SMILES string of the molecule is Cc1cc(CSc2ccc(F)cc2)c(C)c(C2C(C#N)=C(N)N(c3ccccc3[N+](=O)[O-])C3=C2C(=O)CC(C)(C)C3)c1. The van der Waals surface area contributed by atoms with E-state index in [0.29, 0.717) is 23.4 Å². The number of carbonyl (C=O) groups excluding carboxylic acids is 1. The molecule has 42 heavy (non-hydrogen) atoms. The smallest absolute Gasteiger partial charge is 0.293 e. The lowest BCUT2D eigenvalue weighted by atomic mass is 9.68. The molecular weight excluding hydrogens is 551 g/mol. The first kappa shape index (κ1) is 29.1. The van der Waals surface area contributed by atoms with E-state index < -0.39 is 16.3 Å². The fourth-order valence-corrected chi connectivity index (χ4v) is 6.96. The summed E-state index contributed by atoms with van der Waals surface area (Å²) in [5.41, 5.74) is 11.4. The Morgan fingerprint density at radius 1 is 1.14 bits per heavy atom. The number of benzene rings is 3. The van der Waals surface area contributed by atoms with E-state index >= 15 is 0 Å². The van der Waals surface area contributed by atoms with Gasteiger partial charge in [0.25, 0.3) is 5.69 Å². The number of nitrogens with two attached hydrogens (primary N) is 1. The van der Waals surface area contributed by atoms with Crippen LogP contribution in [0.3, 0.4) is 0 Å². The van der Waals surface area contributed by atoms with Gasteiger partial charge in [-0.05, 0) is 72.7 Å². The predicted octanol–water partition coefficient (Wildman–Crippen LogP) is 7.58. The molecule has 1 aliphatic carbocycles. The second-order valence-corrected chi connectivity index (χ2v) is 12.7. The minimum atomic E-state index is -0.706. The maximum absolute atomic E-state index is 14.0. The van der Waals surface area contributed by atoms with E-state index in [1.54, 1.807) is 47.0 Å². The average Bonchev–Trinajstić information content (AvgIpc) is 2.93. The number of halogens is 1. The molecule has 5 rings (SSSR count). The third kappa shape index (κ3) is 5.30. The van der Waals surface area contributed by atoms with Gasteiger partial charge < -0.3 is 5.73 Å². The average molecular weight is 583 g/mol. The van der Waals surface area contributed by atoms with Gasteiger partial charge in [0.2, 0.25) is 0 Å². The Morgan fingerprint density at radius 2 is 1.83 bits per heavy atom. The highest BCUT2D eigenvalue weighted by molar-refractivity contribution is 7.98. The molecule has 0 radical (unpaired) electrons. The number of nitriles is 1. The lowest BCUT2D eigenvalue weighted by molar-refractivity contribution is -0.384. The molecule has 1 heterocycles. The fourth-order valence-electron chi connectivity index (χ4n) is 6.01. The molecule has 214 valence electrons. The molecular formula is C33H31FN4O3S. The quantitative estimate of drug-likeness (QED) is 0.181. The number of hydrogen-bond donors (Lipinski definition) is 1. The molecule has 9 heteroatoms. The van der Waals surface area contributed by atoms with Gasteiger partial charge >= 0.3 is 0 Å². The molecule has 7 nitrogen and oxygen atoms in total. The van der Waals surface area contributed by atoms with Crippen LogP contribution in [0.1, 0.15) is 54.9 Å². The molecule has 3 aromatic rings. The van der Waals surface area contributed by atoms with Crippen LogP contribution < -0.4 is 10.6 Å². The van der Waals surface area contributed by atoms with Gasteiger partial charge in [0.1, 0.15) is 17.3 Å². The molecule has 2 N–H and O–H groups in total. The molecule has 0 saturated carbocycles. The second-order valence-electron chi connectivity index (χ2n) is 11.6. The Hall–Kier alpha value is -4.42. The molecule has 0 fully saturated rings. The first-order valence-corrected chi connectivity index (χ1v) is 14.6. The van der Waals surface area contributed by atoms with Crippen molar-refractivity contribution in [2.45, 2.75) is 57.1 Å². The van der Waals surface area contributed by atoms with Gasteiger partial charge in [0.15, 0.2) is 5.78 Å². The van der Waals surface area contributed by atoms with Gasteiger partial charge in [-0.3, -0.25) is 19.8 Å². The van der Waals surface area contributed by atoms with Crippen molar-refractivity contribution in [3.05, 3.63) is 122 Å². The van der Waals surface area contributed by atoms with Crippen molar-refractivity contribution in [3.63, 3.8) is 0 Å². The Balaban J connectivity index is 1.70. The van der Waals surface area contributed by atoms with E-state index in [2.05, 4.69) is 12.1 Å². The van der Waals surface area contributed by atoms with Crippen LogP contribution in [0.4, 0.5) is 15.8 Å². The molecule has 1 unspecified atom stereocenters. The molecule has 0 bridgehead atoms. The number of nitro benzene ring substituents is 1. The zero-order valence-corrected chi connectivity index (χ0v) is 24.7. The van der Waals surface area contributed by atoms with Crippen molar-refractivity contribution in [3.8, 4) is 6.07 Å². The molecule has 0 spiro atoms. The number of carbonyl (C=O) groups is 1. The van der Waals surface area contributed by atoms with Crippen molar-refractivity contribution >= 4 is 28.9 Å². The van der Waals surface area contributed by atoms with Crippen LogP contribution in [0.25, 0.3) is 0 Å². The zero-order chi connectivity index (χ0) is 30.3. The van der Waals surface area contributed by atoms with Crippen molar-refractivity contribution < 1.29 is 14.1 Å². The van der Waals surface area contributed by atoms with Crippen LogP contribution in [0, 0.1) is 46.5 Å². The number of ketones is 1. The van der Waals surface area contributed by atoms with E-state index in [0.717, 1.165) is 27.1 Å². The van der Waals surface area contributed by atoms with Gasteiger partial charge in [-0.25, -0.2) is 4.39 Å².